The van der Waals surface area contributed by atoms with Gasteiger partial charge in [0.15, 0.2) is 0 Å². The molecule has 0 radical (unpaired) electrons. The van der Waals surface area contributed by atoms with Gasteiger partial charge in [-0.3, -0.25) is 24.0 Å². The minimum Gasteiger partial charge on any atom is -0.480 e. The summed E-state index contributed by atoms with van der Waals surface area (Å²) in [5.74, 6) is -2.23. The number of thioether (sulfide) groups is 1. The summed E-state index contributed by atoms with van der Waals surface area (Å²) < 4.78 is 5.90. The van der Waals surface area contributed by atoms with E-state index in [9.17, 15) is 33.9 Å². The molecule has 0 aliphatic rings. The first-order valence-electron chi connectivity index (χ1n) is 17.5. The molecule has 0 aliphatic heterocycles. The van der Waals surface area contributed by atoms with Crippen molar-refractivity contribution in [2.24, 2.45) is 10.8 Å². The molecule has 6 N–H and O–H groups in total. The zero-order valence-electron chi connectivity index (χ0n) is 31.8. The number of aliphatic carboxylic acids is 1. The predicted octanol–water partition coefficient (Wildman–Crippen LogP) is 3.60. The fourth-order valence-corrected chi connectivity index (χ4v) is 4.69. The Hall–Kier alpha value is -2.18. The summed E-state index contributed by atoms with van der Waals surface area (Å²) in [6, 6.07) is -2.01. The molecule has 0 rings (SSSR count). The van der Waals surface area contributed by atoms with E-state index in [1.807, 2.05) is 34.0 Å². The van der Waals surface area contributed by atoms with Gasteiger partial charge < -0.3 is 43.4 Å². The van der Waals surface area contributed by atoms with Crippen LogP contribution in [0, 0.1) is 17.8 Å². The molecule has 0 fully saturated rings. The van der Waals surface area contributed by atoms with E-state index < -0.39 is 41.8 Å². The van der Waals surface area contributed by atoms with Crippen molar-refractivity contribution in [3.8, 4) is 0 Å². The molecule has 5 amide bonds. The number of unbranched alkanes of at least 4 members (excludes halogenated alkanes) is 2. The van der Waals surface area contributed by atoms with Crippen LogP contribution in [0.2, 0.25) is 0 Å². The second kappa shape index (κ2) is 30.4. The van der Waals surface area contributed by atoms with Crippen molar-refractivity contribution in [2.75, 3.05) is 44.9 Å². The van der Waals surface area contributed by atoms with Gasteiger partial charge in [0.1, 0.15) is 12.1 Å². The van der Waals surface area contributed by atoms with Crippen molar-refractivity contribution in [1.82, 2.24) is 26.6 Å². The van der Waals surface area contributed by atoms with Crippen LogP contribution < -0.4 is 26.6 Å². The third-order valence-electron chi connectivity index (χ3n) is 6.92. The SMILES string of the molecule is CCC.[CH2-]CCCC(=O)NCCCCC(NC(=O)CNC(=O)C(CCSC)NC(=O)CC(C)(C)COCC(C)(C)CNC(=O)CC)C(=O)O.[W]. The van der Waals surface area contributed by atoms with Gasteiger partial charge in [0.2, 0.25) is 29.5 Å². The molecule has 0 saturated heterocycles. The maximum absolute atomic E-state index is 12.9. The molecule has 0 aromatic heterocycles. The molecule has 0 aromatic rings. The molecule has 0 aliphatic carbocycles. The number of hydrogen-bond donors (Lipinski definition) is 6. The van der Waals surface area contributed by atoms with Crippen LogP contribution in [0.1, 0.15) is 113 Å². The number of amides is 5. The molecule has 2 unspecified atom stereocenters. The van der Waals surface area contributed by atoms with Crippen molar-refractivity contribution in [2.45, 2.75) is 125 Å². The van der Waals surface area contributed by atoms with Gasteiger partial charge in [-0.05, 0) is 43.1 Å². The topological polar surface area (TPSA) is 192 Å². The van der Waals surface area contributed by atoms with Crippen LogP contribution >= 0.6 is 11.8 Å². The number of nitrogens with one attached hydrogen (secondary N) is 5. The fraction of sp³-hybridized carbons (Fsp3) is 0.800. The molecule has 0 heterocycles. The maximum Gasteiger partial charge on any atom is 0.326 e. The van der Waals surface area contributed by atoms with Gasteiger partial charge in [-0.25, -0.2) is 4.79 Å². The largest absolute Gasteiger partial charge is 0.480 e. The minimum absolute atomic E-state index is 0. The molecule has 15 heteroatoms. The van der Waals surface area contributed by atoms with Crippen LogP contribution in [-0.4, -0.2) is 97.6 Å². The molecule has 0 spiro atoms. The number of carboxylic acids is 1. The molecule has 50 heavy (non-hydrogen) atoms. The first kappa shape index (κ1) is 52.2. The summed E-state index contributed by atoms with van der Waals surface area (Å²) in [7, 11) is 0. The summed E-state index contributed by atoms with van der Waals surface area (Å²) in [5, 5.41) is 22.9. The quantitative estimate of drug-likeness (QED) is 0.0557. The zero-order chi connectivity index (χ0) is 37.9. The van der Waals surface area contributed by atoms with E-state index >= 15 is 0 Å². The Labute approximate surface area is 319 Å². The number of carbonyl (C=O) groups is 6. The molecular formula is C35H66N5O8SW-. The van der Waals surface area contributed by atoms with E-state index in [4.69, 9.17) is 4.74 Å². The average Bonchev–Trinajstić information content (AvgIpc) is 3.02. The Morgan fingerprint density at radius 1 is 0.780 bits per heavy atom. The number of rotatable bonds is 26. The number of hydrogen-bond acceptors (Lipinski definition) is 8. The smallest absolute Gasteiger partial charge is 0.326 e. The Bertz CT molecular complexity index is 1000. The van der Waals surface area contributed by atoms with Crippen molar-refractivity contribution < 1.29 is 59.7 Å². The van der Waals surface area contributed by atoms with Crippen LogP contribution in [0.4, 0.5) is 0 Å². The van der Waals surface area contributed by atoms with Gasteiger partial charge in [-0.1, -0.05) is 61.3 Å². The van der Waals surface area contributed by atoms with Crippen molar-refractivity contribution >= 4 is 47.3 Å². The summed E-state index contributed by atoms with van der Waals surface area (Å²) in [4.78, 5) is 73.2. The normalized spacial score (nSPS) is 12.2. The van der Waals surface area contributed by atoms with Crippen LogP contribution in [-0.2, 0) is 54.6 Å². The van der Waals surface area contributed by atoms with Crippen molar-refractivity contribution in [1.29, 1.82) is 0 Å². The van der Waals surface area contributed by atoms with Crippen LogP contribution in [0.3, 0.4) is 0 Å². The number of ether oxygens (including phenoxy) is 1. The summed E-state index contributed by atoms with van der Waals surface area (Å²) in [6.07, 6.45) is 6.97. The number of carbonyl (C=O) groups excluding carboxylic acids is 5. The molecule has 0 bridgehead atoms. The molecular weight excluding hydrogens is 834 g/mol. The third kappa shape index (κ3) is 29.5. The Balaban J connectivity index is -0.00000531. The number of carboxylic acid groups (broad SMARTS) is 1. The average molecular weight is 901 g/mol. The van der Waals surface area contributed by atoms with E-state index in [1.165, 1.54) is 18.2 Å². The Morgan fingerprint density at radius 2 is 1.38 bits per heavy atom. The zero-order valence-corrected chi connectivity index (χ0v) is 35.5. The van der Waals surface area contributed by atoms with Gasteiger partial charge in [0.25, 0.3) is 0 Å². The van der Waals surface area contributed by atoms with E-state index in [1.54, 1.807) is 6.92 Å². The van der Waals surface area contributed by atoms with Gasteiger partial charge in [0.05, 0.1) is 19.8 Å². The van der Waals surface area contributed by atoms with Gasteiger partial charge in [-0.15, -0.1) is 0 Å². The van der Waals surface area contributed by atoms with E-state index in [-0.39, 0.29) is 57.0 Å². The molecule has 2 atom stereocenters. The standard InChI is InChI=1S/C32H58N5O8S.C3H8.W/c1-8-10-14-26(39)33-16-12-11-13-24(30(43)44)37-28(41)19-34-29(42)23(15-17-46-7)36-27(40)18-31(3,4)21-45-22-32(5,6)20-35-25(38)9-2;1-3-2;/h23-24H,1,8-22H2,2-7H3,(H,33,39)(H,34,42)(H,35,38)(H,36,40)(H,37,41)(H,43,44);3H2,1-2H3;/q-1;;. The monoisotopic (exact) mass is 900 g/mol. The van der Waals surface area contributed by atoms with Crippen LogP contribution in [0.15, 0.2) is 0 Å². The predicted molar refractivity (Wildman–Crippen MR) is 196 cm³/mol. The van der Waals surface area contributed by atoms with E-state index in [0.29, 0.717) is 77.0 Å². The van der Waals surface area contributed by atoms with Gasteiger partial charge in [-0.2, -0.15) is 18.2 Å². The molecule has 0 saturated carbocycles. The van der Waals surface area contributed by atoms with Crippen LogP contribution in [0.5, 0.6) is 0 Å². The third-order valence-corrected chi connectivity index (χ3v) is 7.57. The fourth-order valence-electron chi connectivity index (χ4n) is 4.22. The second-order valence-electron chi connectivity index (χ2n) is 13.7. The summed E-state index contributed by atoms with van der Waals surface area (Å²) in [5.41, 5.74) is -0.816. The van der Waals surface area contributed by atoms with Crippen molar-refractivity contribution in [3.63, 3.8) is 0 Å². The Kier molecular flexibility index (Phi) is 31.8. The van der Waals surface area contributed by atoms with E-state index in [2.05, 4.69) is 47.4 Å². The maximum atomic E-state index is 12.9. The van der Waals surface area contributed by atoms with Crippen LogP contribution in [0.25, 0.3) is 0 Å². The first-order chi connectivity index (χ1) is 23.0. The Morgan fingerprint density at radius 3 is 1.94 bits per heavy atom. The van der Waals surface area contributed by atoms with Crippen molar-refractivity contribution in [3.05, 3.63) is 6.92 Å². The second-order valence-corrected chi connectivity index (χ2v) is 14.7. The first-order valence-corrected chi connectivity index (χ1v) is 18.8. The van der Waals surface area contributed by atoms with Gasteiger partial charge in [0, 0.05) is 58.8 Å². The minimum atomic E-state index is -1.19. The molecule has 0 aromatic carbocycles. The van der Waals surface area contributed by atoms with E-state index in [0.717, 1.165) is 0 Å². The van der Waals surface area contributed by atoms with Gasteiger partial charge >= 0.3 is 5.97 Å². The molecule has 292 valence electrons. The summed E-state index contributed by atoms with van der Waals surface area (Å²) >= 11 is 1.51. The summed E-state index contributed by atoms with van der Waals surface area (Å²) in [6.45, 7) is 18.6. The molecule has 13 nitrogen and oxygen atoms in total.